The second-order valence-electron chi connectivity index (χ2n) is 4.35. The normalized spacial score (nSPS) is 11.0. The Labute approximate surface area is 139 Å². The third-order valence-electron chi connectivity index (χ3n) is 2.96. The monoisotopic (exact) mass is 356 g/mol. The van der Waals surface area contributed by atoms with Crippen molar-refractivity contribution in [2.45, 2.75) is 6.54 Å². The highest BCUT2D eigenvalue weighted by Crippen LogP contribution is 2.37. The fourth-order valence-electron chi connectivity index (χ4n) is 1.99. The topological polar surface area (TPSA) is 55.1 Å². The first kappa shape index (κ1) is 14.7. The fourth-order valence-corrected chi connectivity index (χ4v) is 4.42. The second kappa shape index (κ2) is 5.85. The molecule has 2 heterocycles. The van der Waals surface area contributed by atoms with E-state index >= 15 is 0 Å². The minimum atomic E-state index is -0.200. The van der Waals surface area contributed by atoms with E-state index in [4.69, 9.17) is 28.9 Å². The Morgan fingerprint density at radius 2 is 2.00 bits per heavy atom. The molecular formula is C14H10Cl2N2OS2. The van der Waals surface area contributed by atoms with Gasteiger partial charge in [-0.2, -0.15) is 0 Å². The van der Waals surface area contributed by atoms with Gasteiger partial charge in [-0.15, -0.1) is 22.7 Å². The maximum Gasteiger partial charge on any atom is 0.263 e. The number of rotatable bonds is 3. The van der Waals surface area contributed by atoms with Gasteiger partial charge < -0.3 is 11.1 Å². The molecule has 0 saturated carbocycles. The lowest BCUT2D eigenvalue weighted by Gasteiger charge is -2.02. The Morgan fingerprint density at radius 1 is 1.19 bits per heavy atom. The Hall–Kier alpha value is -1.27. The van der Waals surface area contributed by atoms with E-state index in [0.29, 0.717) is 26.5 Å². The summed E-state index contributed by atoms with van der Waals surface area (Å²) >= 11 is 14.8. The summed E-state index contributed by atoms with van der Waals surface area (Å²) in [6.07, 6.45) is 0. The van der Waals surface area contributed by atoms with Crippen LogP contribution in [0.5, 0.6) is 0 Å². The molecule has 1 amide bonds. The van der Waals surface area contributed by atoms with Crippen molar-refractivity contribution < 1.29 is 4.79 Å². The molecule has 1 aromatic carbocycles. The van der Waals surface area contributed by atoms with Crippen molar-refractivity contribution in [3.8, 4) is 0 Å². The van der Waals surface area contributed by atoms with Crippen LogP contribution in [-0.4, -0.2) is 5.91 Å². The average Bonchev–Trinajstić information content (AvgIpc) is 3.01. The zero-order valence-electron chi connectivity index (χ0n) is 10.7. The number of nitrogen functional groups attached to an aromatic ring is 1. The predicted molar refractivity (Wildman–Crippen MR) is 91.7 cm³/mol. The van der Waals surface area contributed by atoms with Crippen molar-refractivity contribution in [1.29, 1.82) is 0 Å². The van der Waals surface area contributed by atoms with Gasteiger partial charge in [0.1, 0.15) is 4.88 Å². The molecule has 2 aromatic heterocycles. The van der Waals surface area contributed by atoms with Crippen LogP contribution in [0, 0.1) is 0 Å². The third-order valence-corrected chi connectivity index (χ3v) is 5.68. The van der Waals surface area contributed by atoms with Gasteiger partial charge in [0.25, 0.3) is 5.91 Å². The molecule has 3 N–H and O–H groups in total. The fraction of sp³-hybridized carbons (Fsp3) is 0.0714. The van der Waals surface area contributed by atoms with Gasteiger partial charge in [0.15, 0.2) is 0 Å². The summed E-state index contributed by atoms with van der Waals surface area (Å²) in [5, 5.41) is 4.15. The predicted octanol–water partition coefficient (Wildman–Crippen LogP) is 4.78. The number of benzene rings is 1. The van der Waals surface area contributed by atoms with E-state index in [1.807, 2.05) is 18.2 Å². The van der Waals surface area contributed by atoms with Gasteiger partial charge in [0.2, 0.25) is 0 Å². The van der Waals surface area contributed by atoms with Gasteiger partial charge in [0, 0.05) is 15.0 Å². The quantitative estimate of drug-likeness (QED) is 0.709. The molecule has 108 valence electrons. The van der Waals surface area contributed by atoms with Crippen molar-refractivity contribution in [3.05, 3.63) is 49.4 Å². The van der Waals surface area contributed by atoms with Gasteiger partial charge in [-0.25, -0.2) is 0 Å². The summed E-state index contributed by atoms with van der Waals surface area (Å²) < 4.78 is 1.61. The van der Waals surface area contributed by atoms with E-state index in [1.54, 1.807) is 12.1 Å². The number of hydrogen-bond donors (Lipinski definition) is 2. The van der Waals surface area contributed by atoms with Crippen LogP contribution in [0.15, 0.2) is 30.3 Å². The largest absolute Gasteiger partial charge is 0.397 e. The number of nitrogens with one attached hydrogen (secondary N) is 1. The molecule has 0 spiro atoms. The van der Waals surface area contributed by atoms with E-state index in [2.05, 4.69) is 5.32 Å². The van der Waals surface area contributed by atoms with Crippen LogP contribution in [0.1, 0.15) is 14.5 Å². The molecule has 7 heteroatoms. The minimum absolute atomic E-state index is 0.200. The number of fused-ring (bicyclic) bond motifs is 1. The Balaban J connectivity index is 1.84. The maximum absolute atomic E-state index is 12.3. The van der Waals surface area contributed by atoms with Crippen molar-refractivity contribution >= 4 is 67.6 Å². The second-order valence-corrected chi connectivity index (χ2v) is 7.61. The van der Waals surface area contributed by atoms with Gasteiger partial charge in [-0.3, -0.25) is 4.79 Å². The first-order valence-electron chi connectivity index (χ1n) is 6.05. The number of amides is 1. The molecule has 0 unspecified atom stereocenters. The van der Waals surface area contributed by atoms with Crippen molar-refractivity contribution in [3.63, 3.8) is 0 Å². The summed E-state index contributed by atoms with van der Waals surface area (Å²) in [5.41, 5.74) is 6.49. The molecule has 0 aliphatic carbocycles. The number of carbonyl (C=O) groups excluding carboxylic acids is 1. The lowest BCUT2D eigenvalue weighted by Crippen LogP contribution is -2.22. The highest BCUT2D eigenvalue weighted by atomic mass is 35.5. The molecule has 3 nitrogen and oxygen atoms in total. The van der Waals surface area contributed by atoms with Crippen LogP contribution in [-0.2, 0) is 6.54 Å². The van der Waals surface area contributed by atoms with Gasteiger partial charge >= 0.3 is 0 Å². The molecule has 21 heavy (non-hydrogen) atoms. The Kier molecular flexibility index (Phi) is 4.08. The van der Waals surface area contributed by atoms with E-state index in [0.717, 1.165) is 15.0 Å². The van der Waals surface area contributed by atoms with Crippen molar-refractivity contribution in [1.82, 2.24) is 5.32 Å². The number of nitrogens with two attached hydrogens (primary N) is 1. The first-order chi connectivity index (χ1) is 10.1. The molecular weight excluding hydrogens is 347 g/mol. The van der Waals surface area contributed by atoms with Gasteiger partial charge in [-0.05, 0) is 24.3 Å². The van der Waals surface area contributed by atoms with Gasteiger partial charge in [0.05, 0.1) is 21.6 Å². The van der Waals surface area contributed by atoms with E-state index in [1.165, 1.54) is 22.7 Å². The number of anilines is 1. The minimum Gasteiger partial charge on any atom is -0.397 e. The molecule has 3 rings (SSSR count). The lowest BCUT2D eigenvalue weighted by molar-refractivity contribution is 0.0956. The van der Waals surface area contributed by atoms with Crippen LogP contribution in [0.3, 0.4) is 0 Å². The molecule has 0 saturated heterocycles. The first-order valence-corrected chi connectivity index (χ1v) is 8.44. The zero-order chi connectivity index (χ0) is 15.0. The van der Waals surface area contributed by atoms with Crippen LogP contribution in [0.2, 0.25) is 9.36 Å². The van der Waals surface area contributed by atoms with E-state index in [9.17, 15) is 4.79 Å². The molecule has 0 fully saturated rings. The standard InChI is InChI=1S/C14H10Cl2N2OS2/c15-8-2-1-3-9-11(8)12(17)13(21-9)14(19)18-6-7-4-5-10(16)20-7/h1-5H,6,17H2,(H,18,19). The number of carbonyl (C=O) groups is 1. The SMILES string of the molecule is Nc1c(C(=O)NCc2ccc(Cl)s2)sc2cccc(Cl)c12. The average molecular weight is 357 g/mol. The van der Waals surface area contributed by atoms with E-state index < -0.39 is 0 Å². The third kappa shape index (κ3) is 2.87. The molecule has 0 radical (unpaired) electrons. The summed E-state index contributed by atoms with van der Waals surface area (Å²) in [4.78, 5) is 13.8. The van der Waals surface area contributed by atoms with Crippen LogP contribution >= 0.6 is 45.9 Å². The molecule has 3 aromatic rings. The Morgan fingerprint density at radius 3 is 2.67 bits per heavy atom. The van der Waals surface area contributed by atoms with Crippen LogP contribution in [0.4, 0.5) is 5.69 Å². The zero-order valence-corrected chi connectivity index (χ0v) is 13.8. The Bertz CT molecular complexity index is 826. The maximum atomic E-state index is 12.3. The summed E-state index contributed by atoms with van der Waals surface area (Å²) in [5.74, 6) is -0.200. The molecule has 0 aliphatic rings. The number of thiophene rings is 2. The summed E-state index contributed by atoms with van der Waals surface area (Å²) in [7, 11) is 0. The number of halogens is 2. The molecule has 0 bridgehead atoms. The van der Waals surface area contributed by atoms with Gasteiger partial charge in [-0.1, -0.05) is 29.3 Å². The molecule has 0 atom stereocenters. The smallest absolute Gasteiger partial charge is 0.263 e. The summed E-state index contributed by atoms with van der Waals surface area (Å²) in [6, 6.07) is 9.20. The highest BCUT2D eigenvalue weighted by molar-refractivity contribution is 7.21. The van der Waals surface area contributed by atoms with E-state index in [-0.39, 0.29) is 5.91 Å². The van der Waals surface area contributed by atoms with Crippen LogP contribution in [0.25, 0.3) is 10.1 Å². The highest BCUT2D eigenvalue weighted by Gasteiger charge is 2.17. The number of hydrogen-bond acceptors (Lipinski definition) is 4. The lowest BCUT2D eigenvalue weighted by atomic mass is 10.2. The summed E-state index contributed by atoms with van der Waals surface area (Å²) in [6.45, 7) is 0.428. The van der Waals surface area contributed by atoms with Crippen LogP contribution < -0.4 is 11.1 Å². The van der Waals surface area contributed by atoms with Crippen molar-refractivity contribution in [2.75, 3.05) is 5.73 Å². The van der Waals surface area contributed by atoms with Crippen molar-refractivity contribution in [2.24, 2.45) is 0 Å². The molecule has 0 aliphatic heterocycles.